The average Bonchev–Trinajstić information content (AvgIpc) is 2.66. The molecule has 0 radical (unpaired) electrons. The zero-order valence-corrected chi connectivity index (χ0v) is 13.3. The van der Waals surface area contributed by atoms with Gasteiger partial charge in [-0.25, -0.2) is 0 Å². The standard InChI is InChI=1S/C17H12N4O2S/c22-15-12-8-4-5-9-13(12)16(23)21(20-15)17-19-18-14(10-24-17)11-6-2-1-3-7-11/h1-9H,10H2,(H,20,22). The second kappa shape index (κ2) is 5.93. The summed E-state index contributed by atoms with van der Waals surface area (Å²) >= 11 is 1.36. The second-order valence-corrected chi connectivity index (χ2v) is 6.15. The zero-order chi connectivity index (χ0) is 16.5. The topological polar surface area (TPSA) is 79.6 Å². The smallest absolute Gasteiger partial charge is 0.267 e. The van der Waals surface area contributed by atoms with Crippen molar-refractivity contribution in [1.82, 2.24) is 9.78 Å². The molecule has 0 saturated carbocycles. The van der Waals surface area contributed by atoms with Crippen LogP contribution in [0.3, 0.4) is 0 Å². The van der Waals surface area contributed by atoms with Crippen molar-refractivity contribution >= 4 is 33.4 Å². The van der Waals surface area contributed by atoms with Crippen LogP contribution >= 0.6 is 11.8 Å². The zero-order valence-electron chi connectivity index (χ0n) is 12.5. The number of benzene rings is 2. The number of hydrogen-bond donors (Lipinski definition) is 1. The van der Waals surface area contributed by atoms with Crippen LogP contribution in [0.2, 0.25) is 0 Å². The summed E-state index contributed by atoms with van der Waals surface area (Å²) in [5.74, 6) is 0.574. The molecule has 1 aliphatic rings. The van der Waals surface area contributed by atoms with Gasteiger partial charge >= 0.3 is 0 Å². The van der Waals surface area contributed by atoms with Crippen molar-refractivity contribution in [1.29, 1.82) is 0 Å². The monoisotopic (exact) mass is 336 g/mol. The van der Waals surface area contributed by atoms with Crippen LogP contribution in [-0.2, 0) is 0 Å². The van der Waals surface area contributed by atoms with Gasteiger partial charge in [-0.1, -0.05) is 54.2 Å². The fourth-order valence-electron chi connectivity index (χ4n) is 2.51. The van der Waals surface area contributed by atoms with E-state index >= 15 is 0 Å². The fourth-order valence-corrected chi connectivity index (χ4v) is 3.36. The van der Waals surface area contributed by atoms with E-state index < -0.39 is 0 Å². The Kier molecular flexibility index (Phi) is 3.62. The first-order valence-electron chi connectivity index (χ1n) is 7.31. The first-order chi connectivity index (χ1) is 11.7. The summed E-state index contributed by atoms with van der Waals surface area (Å²) < 4.78 is 1.17. The Bertz CT molecular complexity index is 1100. The molecule has 1 N–H and O–H groups in total. The maximum absolute atomic E-state index is 12.6. The highest BCUT2D eigenvalue weighted by Gasteiger charge is 2.17. The van der Waals surface area contributed by atoms with Gasteiger partial charge in [-0.15, -0.1) is 5.10 Å². The van der Waals surface area contributed by atoms with E-state index in [9.17, 15) is 9.59 Å². The van der Waals surface area contributed by atoms with Crippen LogP contribution in [0, 0.1) is 0 Å². The number of thioether (sulfide) groups is 1. The highest BCUT2D eigenvalue weighted by Crippen LogP contribution is 2.16. The van der Waals surface area contributed by atoms with Crippen LogP contribution in [0.15, 0.2) is 74.4 Å². The van der Waals surface area contributed by atoms with E-state index in [1.54, 1.807) is 24.3 Å². The maximum atomic E-state index is 12.6. The molecule has 1 aliphatic heterocycles. The Morgan fingerprint density at radius 2 is 1.62 bits per heavy atom. The van der Waals surface area contributed by atoms with Crippen LogP contribution in [-0.4, -0.2) is 26.4 Å². The largest absolute Gasteiger partial charge is 0.279 e. The molecule has 0 bridgehead atoms. The third-order valence-electron chi connectivity index (χ3n) is 3.71. The quantitative estimate of drug-likeness (QED) is 0.738. The molecule has 0 amide bonds. The van der Waals surface area contributed by atoms with E-state index in [0.29, 0.717) is 21.7 Å². The van der Waals surface area contributed by atoms with E-state index in [0.717, 1.165) is 11.3 Å². The summed E-state index contributed by atoms with van der Waals surface area (Å²) in [6, 6.07) is 16.5. The minimum atomic E-state index is -0.327. The fraction of sp³-hybridized carbons (Fsp3) is 0.0588. The van der Waals surface area contributed by atoms with Gasteiger partial charge in [0.15, 0.2) is 0 Å². The summed E-state index contributed by atoms with van der Waals surface area (Å²) in [6.45, 7) is 0. The van der Waals surface area contributed by atoms with Crippen molar-refractivity contribution in [3.05, 3.63) is 80.9 Å². The third kappa shape index (κ3) is 2.48. The first kappa shape index (κ1) is 14.6. The summed E-state index contributed by atoms with van der Waals surface area (Å²) in [5.41, 5.74) is 1.19. The Morgan fingerprint density at radius 1 is 0.917 bits per heavy atom. The van der Waals surface area contributed by atoms with Crippen LogP contribution in [0.25, 0.3) is 10.8 Å². The molecule has 6 nitrogen and oxygen atoms in total. The highest BCUT2D eigenvalue weighted by molar-refractivity contribution is 8.14. The predicted molar refractivity (Wildman–Crippen MR) is 97.1 cm³/mol. The summed E-state index contributed by atoms with van der Waals surface area (Å²) in [5, 5.41) is 12.0. The Morgan fingerprint density at radius 3 is 2.33 bits per heavy atom. The van der Waals surface area contributed by atoms with E-state index in [2.05, 4.69) is 15.3 Å². The molecule has 0 aliphatic carbocycles. The number of nitrogens with one attached hydrogen (secondary N) is 1. The van der Waals surface area contributed by atoms with Crippen molar-refractivity contribution in [2.24, 2.45) is 10.2 Å². The van der Waals surface area contributed by atoms with Crippen LogP contribution in [0.4, 0.5) is 0 Å². The van der Waals surface area contributed by atoms with E-state index in [-0.39, 0.29) is 11.1 Å². The predicted octanol–water partition coefficient (Wildman–Crippen LogP) is 2.04. The van der Waals surface area contributed by atoms with Gasteiger partial charge in [0, 0.05) is 5.75 Å². The van der Waals surface area contributed by atoms with Crippen molar-refractivity contribution < 1.29 is 0 Å². The number of fused-ring (bicyclic) bond motifs is 1. The molecule has 118 valence electrons. The lowest BCUT2D eigenvalue weighted by Gasteiger charge is -2.13. The van der Waals surface area contributed by atoms with Crippen LogP contribution < -0.4 is 11.1 Å². The highest BCUT2D eigenvalue weighted by atomic mass is 32.2. The van der Waals surface area contributed by atoms with Gasteiger partial charge in [0.1, 0.15) is 0 Å². The van der Waals surface area contributed by atoms with Crippen molar-refractivity contribution in [3.63, 3.8) is 0 Å². The van der Waals surface area contributed by atoms with Gasteiger partial charge in [0.25, 0.3) is 11.1 Å². The molecule has 0 atom stereocenters. The molecule has 0 fully saturated rings. The summed E-state index contributed by atoms with van der Waals surface area (Å²) in [6.07, 6.45) is 0. The number of aromatic amines is 1. The number of rotatable bonds is 1. The average molecular weight is 336 g/mol. The van der Waals surface area contributed by atoms with E-state index in [1.807, 2.05) is 30.3 Å². The molecular weight excluding hydrogens is 324 g/mol. The second-order valence-electron chi connectivity index (χ2n) is 5.21. The minimum absolute atomic E-state index is 0.310. The van der Waals surface area contributed by atoms with Crippen molar-refractivity contribution in [2.45, 2.75) is 0 Å². The molecule has 3 aromatic rings. The molecule has 7 heteroatoms. The lowest BCUT2D eigenvalue weighted by molar-refractivity contribution is 0.852. The Labute approximate surface area is 140 Å². The van der Waals surface area contributed by atoms with Crippen molar-refractivity contribution in [2.75, 3.05) is 5.75 Å². The minimum Gasteiger partial charge on any atom is -0.267 e. The van der Waals surface area contributed by atoms with Gasteiger partial charge in [0.05, 0.1) is 16.5 Å². The molecule has 2 heterocycles. The molecule has 0 spiro atoms. The lowest BCUT2D eigenvalue weighted by atomic mass is 10.1. The Hall–Kier alpha value is -2.93. The van der Waals surface area contributed by atoms with Crippen LogP contribution in [0.5, 0.6) is 0 Å². The maximum Gasteiger partial charge on any atom is 0.279 e. The number of hydrogen-bond acceptors (Lipinski definition) is 5. The van der Waals surface area contributed by atoms with Gasteiger partial charge in [-0.3, -0.25) is 14.7 Å². The van der Waals surface area contributed by atoms with Crippen LogP contribution in [0.1, 0.15) is 5.56 Å². The van der Waals surface area contributed by atoms with E-state index in [1.165, 1.54) is 16.4 Å². The third-order valence-corrected chi connectivity index (χ3v) is 4.65. The first-order valence-corrected chi connectivity index (χ1v) is 8.30. The summed E-state index contributed by atoms with van der Waals surface area (Å²) in [4.78, 5) is 24.7. The molecule has 0 unspecified atom stereocenters. The number of aromatic nitrogens is 2. The molecule has 1 aromatic heterocycles. The van der Waals surface area contributed by atoms with Gasteiger partial charge in [-0.2, -0.15) is 9.78 Å². The molecule has 4 rings (SSSR count). The Balaban J connectivity index is 1.81. The molecule has 24 heavy (non-hydrogen) atoms. The summed E-state index contributed by atoms with van der Waals surface area (Å²) in [7, 11) is 0. The molecule has 0 saturated heterocycles. The SMILES string of the molecule is O=c1[nH]n(C2=NN=C(c3ccccc3)CS2)c(=O)c2ccccc12. The normalized spacial score (nSPS) is 14.3. The van der Waals surface area contributed by atoms with Gasteiger partial charge in [0.2, 0.25) is 5.17 Å². The lowest BCUT2D eigenvalue weighted by Crippen LogP contribution is -2.34. The number of H-pyrrole nitrogens is 1. The number of nitrogens with zero attached hydrogens (tertiary/aromatic N) is 3. The molecular formula is C17H12N4O2S. The van der Waals surface area contributed by atoms with E-state index in [4.69, 9.17) is 0 Å². The van der Waals surface area contributed by atoms with Gasteiger partial charge < -0.3 is 0 Å². The van der Waals surface area contributed by atoms with Gasteiger partial charge in [-0.05, 0) is 17.7 Å². The van der Waals surface area contributed by atoms with Crippen molar-refractivity contribution in [3.8, 4) is 0 Å². The molecule has 2 aromatic carbocycles.